The van der Waals surface area contributed by atoms with Crippen molar-refractivity contribution < 1.29 is 9.52 Å². The summed E-state index contributed by atoms with van der Waals surface area (Å²) in [4.78, 5) is 9.14. The third kappa shape index (κ3) is 4.54. The van der Waals surface area contributed by atoms with Gasteiger partial charge in [0.2, 0.25) is 11.8 Å². The molecule has 0 bridgehead atoms. The molecule has 0 amide bonds. The lowest BCUT2D eigenvalue weighted by atomic mass is 10.1. The molecule has 32 heavy (non-hydrogen) atoms. The van der Waals surface area contributed by atoms with Gasteiger partial charge in [-0.25, -0.2) is 4.98 Å². The average Bonchev–Trinajstić information content (AvgIpc) is 3.54. The van der Waals surface area contributed by atoms with E-state index in [1.807, 2.05) is 49.4 Å². The molecule has 1 aliphatic rings. The zero-order valence-electron chi connectivity index (χ0n) is 17.7. The van der Waals surface area contributed by atoms with E-state index in [-0.39, 0.29) is 0 Å². The van der Waals surface area contributed by atoms with E-state index in [1.165, 1.54) is 0 Å². The molecule has 3 N–H and O–H groups in total. The minimum absolute atomic E-state index is 0.308. The molecular weight excluding hydrogens is 404 g/mol. The lowest BCUT2D eigenvalue weighted by Gasteiger charge is -2.11. The number of para-hydroxylation sites is 1. The van der Waals surface area contributed by atoms with Crippen LogP contribution in [0.5, 0.6) is 5.75 Å². The van der Waals surface area contributed by atoms with Gasteiger partial charge in [-0.3, -0.25) is 0 Å². The first-order chi connectivity index (χ1) is 15.7. The molecule has 0 spiro atoms. The molecule has 8 heteroatoms. The van der Waals surface area contributed by atoms with Crippen molar-refractivity contribution >= 4 is 17.5 Å². The summed E-state index contributed by atoms with van der Waals surface area (Å²) in [5.41, 5.74) is 3.56. The van der Waals surface area contributed by atoms with Gasteiger partial charge < -0.3 is 20.2 Å². The maximum atomic E-state index is 9.69. The molecule has 2 aromatic carbocycles. The minimum Gasteiger partial charge on any atom is -0.508 e. The van der Waals surface area contributed by atoms with Crippen LogP contribution >= 0.6 is 0 Å². The Morgan fingerprint density at radius 3 is 2.72 bits per heavy atom. The molecule has 1 fully saturated rings. The number of aromatic hydroxyl groups is 1. The Labute approximate surface area is 185 Å². The zero-order valence-corrected chi connectivity index (χ0v) is 17.7. The number of hydrogen-bond donors (Lipinski definition) is 3. The second-order valence-electron chi connectivity index (χ2n) is 7.96. The number of phenolic OH excluding ortho intramolecular Hbond substituents is 1. The van der Waals surface area contributed by atoms with Gasteiger partial charge in [-0.2, -0.15) is 4.98 Å². The van der Waals surface area contributed by atoms with Crippen molar-refractivity contribution in [1.29, 1.82) is 0 Å². The van der Waals surface area contributed by atoms with Gasteiger partial charge in [0, 0.05) is 24.3 Å². The number of anilines is 3. The highest BCUT2D eigenvalue weighted by molar-refractivity contribution is 5.73. The summed E-state index contributed by atoms with van der Waals surface area (Å²) < 4.78 is 5.89. The molecule has 2 heterocycles. The molecule has 162 valence electrons. The quantitative estimate of drug-likeness (QED) is 0.367. The molecule has 0 aliphatic heterocycles. The lowest BCUT2D eigenvalue weighted by molar-refractivity contribution is 0.471. The van der Waals surface area contributed by atoms with Crippen LogP contribution in [0.4, 0.5) is 17.5 Å². The van der Waals surface area contributed by atoms with Gasteiger partial charge in [0.25, 0.3) is 5.89 Å². The Hall–Kier alpha value is -3.94. The van der Waals surface area contributed by atoms with E-state index in [9.17, 15) is 5.11 Å². The molecule has 0 atom stereocenters. The SMILES string of the molecule is Cc1cc(CCNc2ncc(-c3nnc(C4CC4)o3)c(Nc3ccccc3)n2)ccc1O. The second kappa shape index (κ2) is 8.66. The third-order valence-electron chi connectivity index (χ3n) is 5.38. The van der Waals surface area contributed by atoms with Crippen LogP contribution in [0.15, 0.2) is 59.1 Å². The van der Waals surface area contributed by atoms with E-state index < -0.39 is 0 Å². The summed E-state index contributed by atoms with van der Waals surface area (Å²) in [7, 11) is 0. The molecule has 1 aliphatic carbocycles. The molecule has 0 radical (unpaired) electrons. The number of nitrogens with one attached hydrogen (secondary N) is 2. The molecule has 2 aromatic heterocycles. The van der Waals surface area contributed by atoms with Crippen molar-refractivity contribution in [3.63, 3.8) is 0 Å². The molecule has 0 unspecified atom stereocenters. The first kappa shape index (κ1) is 20.0. The van der Waals surface area contributed by atoms with Gasteiger partial charge in [-0.1, -0.05) is 30.3 Å². The van der Waals surface area contributed by atoms with E-state index in [0.717, 1.165) is 36.1 Å². The van der Waals surface area contributed by atoms with Crippen LogP contribution in [0.1, 0.15) is 35.8 Å². The maximum Gasteiger partial charge on any atom is 0.253 e. The minimum atomic E-state index is 0.308. The van der Waals surface area contributed by atoms with E-state index in [2.05, 4.69) is 30.8 Å². The van der Waals surface area contributed by atoms with Crippen molar-refractivity contribution in [3.05, 3.63) is 71.7 Å². The summed E-state index contributed by atoms with van der Waals surface area (Å²) in [5.74, 6) is 2.88. The number of aryl methyl sites for hydroxylation is 1. The van der Waals surface area contributed by atoms with Crippen LogP contribution < -0.4 is 10.6 Å². The molecule has 5 rings (SSSR count). The Kier molecular flexibility index (Phi) is 5.41. The summed E-state index contributed by atoms with van der Waals surface area (Å²) in [6.45, 7) is 2.54. The standard InChI is InChI=1S/C24H24N6O2/c1-15-13-16(7-10-20(15)31)11-12-25-24-26-14-19(23-30-29-22(32-23)17-8-9-17)21(28-24)27-18-5-3-2-4-6-18/h2-7,10,13-14,17,31H,8-9,11-12H2,1H3,(H2,25,26,27,28). The van der Waals surface area contributed by atoms with Gasteiger partial charge in [0.05, 0.1) is 0 Å². The van der Waals surface area contributed by atoms with Gasteiger partial charge >= 0.3 is 0 Å². The molecule has 8 nitrogen and oxygen atoms in total. The molecule has 1 saturated carbocycles. The van der Waals surface area contributed by atoms with Crippen molar-refractivity contribution in [2.75, 3.05) is 17.2 Å². The highest BCUT2D eigenvalue weighted by Crippen LogP contribution is 2.40. The van der Waals surface area contributed by atoms with Crippen molar-refractivity contribution in [2.45, 2.75) is 32.1 Å². The summed E-state index contributed by atoms with van der Waals surface area (Å²) in [5, 5.41) is 24.7. The summed E-state index contributed by atoms with van der Waals surface area (Å²) in [6, 6.07) is 15.4. The molecule has 0 saturated heterocycles. The predicted molar refractivity (Wildman–Crippen MR) is 122 cm³/mol. The fourth-order valence-corrected chi connectivity index (χ4v) is 3.41. The molecular formula is C24H24N6O2. The van der Waals surface area contributed by atoms with E-state index in [1.54, 1.807) is 12.3 Å². The van der Waals surface area contributed by atoms with Gasteiger partial charge in [0.1, 0.15) is 17.1 Å². The van der Waals surface area contributed by atoms with Crippen LogP contribution in [-0.2, 0) is 6.42 Å². The van der Waals surface area contributed by atoms with E-state index >= 15 is 0 Å². The fraction of sp³-hybridized carbons (Fsp3) is 0.250. The average molecular weight is 428 g/mol. The Morgan fingerprint density at radius 2 is 1.94 bits per heavy atom. The van der Waals surface area contributed by atoms with E-state index in [4.69, 9.17) is 4.42 Å². The first-order valence-electron chi connectivity index (χ1n) is 10.7. The topological polar surface area (TPSA) is 109 Å². The van der Waals surface area contributed by atoms with Crippen LogP contribution in [0.2, 0.25) is 0 Å². The zero-order chi connectivity index (χ0) is 21.9. The number of rotatable bonds is 8. The smallest absolute Gasteiger partial charge is 0.253 e. The largest absolute Gasteiger partial charge is 0.508 e. The van der Waals surface area contributed by atoms with Crippen LogP contribution in [0.25, 0.3) is 11.5 Å². The highest BCUT2D eigenvalue weighted by atomic mass is 16.4. The normalized spacial score (nSPS) is 13.2. The van der Waals surface area contributed by atoms with Crippen LogP contribution in [0.3, 0.4) is 0 Å². The summed E-state index contributed by atoms with van der Waals surface area (Å²) in [6.07, 6.45) is 4.67. The van der Waals surface area contributed by atoms with Gasteiger partial charge in [-0.05, 0) is 55.5 Å². The first-order valence-corrected chi connectivity index (χ1v) is 10.7. The van der Waals surface area contributed by atoms with Gasteiger partial charge in [0.15, 0.2) is 0 Å². The van der Waals surface area contributed by atoms with Crippen LogP contribution in [-0.4, -0.2) is 31.8 Å². The van der Waals surface area contributed by atoms with Crippen molar-refractivity contribution in [3.8, 4) is 17.2 Å². The third-order valence-corrected chi connectivity index (χ3v) is 5.38. The van der Waals surface area contributed by atoms with Crippen LogP contribution in [0, 0.1) is 6.92 Å². The fourth-order valence-electron chi connectivity index (χ4n) is 3.41. The number of nitrogens with zero attached hydrogens (tertiary/aromatic N) is 4. The van der Waals surface area contributed by atoms with Crippen molar-refractivity contribution in [1.82, 2.24) is 20.2 Å². The van der Waals surface area contributed by atoms with Crippen molar-refractivity contribution in [2.24, 2.45) is 0 Å². The Morgan fingerprint density at radius 1 is 1.09 bits per heavy atom. The maximum absolute atomic E-state index is 9.69. The number of aromatic nitrogens is 4. The predicted octanol–water partition coefficient (Wildman–Crippen LogP) is 4.82. The monoisotopic (exact) mass is 428 g/mol. The summed E-state index contributed by atoms with van der Waals surface area (Å²) >= 11 is 0. The van der Waals surface area contributed by atoms with E-state index in [0.29, 0.717) is 47.3 Å². The highest BCUT2D eigenvalue weighted by Gasteiger charge is 2.30. The Bertz CT molecular complexity index is 1220. The number of hydrogen-bond acceptors (Lipinski definition) is 8. The molecule has 4 aromatic rings. The Balaban J connectivity index is 1.36. The second-order valence-corrected chi connectivity index (χ2v) is 7.96. The van der Waals surface area contributed by atoms with Gasteiger partial charge in [-0.15, -0.1) is 10.2 Å². The number of phenols is 1. The lowest BCUT2D eigenvalue weighted by Crippen LogP contribution is -2.09. The number of benzene rings is 2.